The molecule has 2 aromatic rings. The average Bonchev–Trinajstić information content (AvgIpc) is 2.64. The lowest BCUT2D eigenvalue weighted by molar-refractivity contribution is -0.133. The van der Waals surface area contributed by atoms with Crippen LogP contribution in [0.1, 0.15) is 43.6 Å². The number of aryl methyl sites for hydroxylation is 1. The van der Waals surface area contributed by atoms with E-state index in [1.165, 1.54) is 4.68 Å². The second kappa shape index (κ2) is 7.90. The minimum absolute atomic E-state index is 0.00148. The molecule has 27 heavy (non-hydrogen) atoms. The van der Waals surface area contributed by atoms with E-state index in [0.717, 1.165) is 12.8 Å². The molecule has 7 nitrogen and oxygen atoms in total. The maximum Gasteiger partial charge on any atom is 0.274 e. The number of likely N-dealkylation sites (tertiary alicyclic amines) is 1. The van der Waals surface area contributed by atoms with Crippen LogP contribution < -0.4 is 10.9 Å². The molecule has 1 aliphatic rings. The van der Waals surface area contributed by atoms with E-state index in [1.54, 1.807) is 31.3 Å². The Morgan fingerprint density at radius 3 is 2.44 bits per heavy atom. The number of piperidine rings is 1. The van der Waals surface area contributed by atoms with E-state index in [9.17, 15) is 14.4 Å². The maximum atomic E-state index is 12.8. The van der Waals surface area contributed by atoms with Gasteiger partial charge in [-0.1, -0.05) is 32.0 Å². The number of benzene rings is 1. The first kappa shape index (κ1) is 19.1. The van der Waals surface area contributed by atoms with Crippen LogP contribution >= 0.6 is 0 Å². The van der Waals surface area contributed by atoms with Gasteiger partial charge >= 0.3 is 0 Å². The fraction of sp³-hybridized carbons (Fsp3) is 0.500. The van der Waals surface area contributed by atoms with Crippen molar-refractivity contribution in [3.63, 3.8) is 0 Å². The fourth-order valence-corrected chi connectivity index (χ4v) is 3.47. The molecule has 1 N–H and O–H groups in total. The number of nitrogens with one attached hydrogen (secondary N) is 1. The van der Waals surface area contributed by atoms with Crippen LogP contribution in [0.5, 0.6) is 0 Å². The monoisotopic (exact) mass is 370 g/mol. The molecule has 1 saturated heterocycles. The molecule has 0 radical (unpaired) electrons. The Bertz CT molecular complexity index is 911. The van der Waals surface area contributed by atoms with Gasteiger partial charge in [-0.05, 0) is 24.8 Å². The molecule has 0 saturated carbocycles. The van der Waals surface area contributed by atoms with Gasteiger partial charge in [0.2, 0.25) is 5.91 Å². The SMILES string of the molecule is CC(C)CC(=O)N1CCC(NC(=O)c2nn(C)c(=O)c3ccccc23)CC1. The summed E-state index contributed by atoms with van der Waals surface area (Å²) in [5, 5.41) is 8.23. The number of amides is 2. The van der Waals surface area contributed by atoms with Crippen molar-refractivity contribution >= 4 is 22.6 Å². The third kappa shape index (κ3) is 4.18. The summed E-state index contributed by atoms with van der Waals surface area (Å²) in [5.74, 6) is 0.244. The summed E-state index contributed by atoms with van der Waals surface area (Å²) < 4.78 is 1.20. The third-order valence-corrected chi connectivity index (χ3v) is 4.94. The fourth-order valence-electron chi connectivity index (χ4n) is 3.47. The van der Waals surface area contributed by atoms with E-state index in [-0.39, 0.29) is 29.1 Å². The molecule has 3 rings (SSSR count). The zero-order chi connectivity index (χ0) is 19.6. The maximum absolute atomic E-state index is 12.8. The Balaban J connectivity index is 1.69. The Kier molecular flexibility index (Phi) is 5.58. The zero-order valence-electron chi connectivity index (χ0n) is 16.1. The van der Waals surface area contributed by atoms with E-state index in [0.29, 0.717) is 36.2 Å². The van der Waals surface area contributed by atoms with Crippen molar-refractivity contribution < 1.29 is 9.59 Å². The normalized spacial score (nSPS) is 15.3. The Labute approximate surface area is 158 Å². The number of rotatable bonds is 4. The smallest absolute Gasteiger partial charge is 0.274 e. The molecule has 0 bridgehead atoms. The van der Waals surface area contributed by atoms with Gasteiger partial charge in [-0.15, -0.1) is 0 Å². The van der Waals surface area contributed by atoms with Crippen molar-refractivity contribution in [1.82, 2.24) is 20.0 Å². The van der Waals surface area contributed by atoms with Crippen molar-refractivity contribution in [3.8, 4) is 0 Å². The number of nitrogens with zero attached hydrogens (tertiary/aromatic N) is 3. The van der Waals surface area contributed by atoms with E-state index in [1.807, 2.05) is 18.7 Å². The molecule has 2 heterocycles. The number of aromatic nitrogens is 2. The van der Waals surface area contributed by atoms with Gasteiger partial charge in [0.05, 0.1) is 5.39 Å². The van der Waals surface area contributed by atoms with Crippen LogP contribution in [0, 0.1) is 5.92 Å². The van der Waals surface area contributed by atoms with Crippen molar-refractivity contribution in [2.24, 2.45) is 13.0 Å². The predicted molar refractivity (Wildman–Crippen MR) is 104 cm³/mol. The van der Waals surface area contributed by atoms with Crippen molar-refractivity contribution in [1.29, 1.82) is 0 Å². The van der Waals surface area contributed by atoms with Crippen molar-refractivity contribution in [3.05, 3.63) is 40.3 Å². The number of hydrogen-bond donors (Lipinski definition) is 1. The number of carbonyl (C=O) groups is 2. The zero-order valence-corrected chi connectivity index (χ0v) is 16.1. The number of fused-ring (bicyclic) bond motifs is 1. The van der Waals surface area contributed by atoms with Crippen LogP contribution in [0.2, 0.25) is 0 Å². The van der Waals surface area contributed by atoms with Crippen LogP contribution in [0.25, 0.3) is 10.8 Å². The Hall–Kier alpha value is -2.70. The highest BCUT2D eigenvalue weighted by Crippen LogP contribution is 2.16. The first-order valence-electron chi connectivity index (χ1n) is 9.41. The van der Waals surface area contributed by atoms with Crippen LogP contribution in [-0.4, -0.2) is 45.6 Å². The van der Waals surface area contributed by atoms with Gasteiger partial charge in [0.15, 0.2) is 5.69 Å². The van der Waals surface area contributed by atoms with E-state index >= 15 is 0 Å². The number of hydrogen-bond acceptors (Lipinski definition) is 4. The summed E-state index contributed by atoms with van der Waals surface area (Å²) in [6.07, 6.45) is 2.00. The van der Waals surface area contributed by atoms with Crippen molar-refractivity contribution in [2.75, 3.05) is 13.1 Å². The van der Waals surface area contributed by atoms with Crippen molar-refractivity contribution in [2.45, 2.75) is 39.2 Å². The molecular weight excluding hydrogens is 344 g/mol. The molecule has 0 aliphatic carbocycles. The van der Waals surface area contributed by atoms with E-state index in [2.05, 4.69) is 10.4 Å². The lowest BCUT2D eigenvalue weighted by Crippen LogP contribution is -2.47. The van der Waals surface area contributed by atoms with Gasteiger partial charge in [-0.2, -0.15) is 5.10 Å². The predicted octanol–water partition coefficient (Wildman–Crippen LogP) is 1.70. The average molecular weight is 370 g/mol. The summed E-state index contributed by atoms with van der Waals surface area (Å²) in [4.78, 5) is 39.0. The molecule has 1 aromatic heterocycles. The summed E-state index contributed by atoms with van der Waals surface area (Å²) in [6.45, 7) is 5.38. The number of carbonyl (C=O) groups excluding carboxylic acids is 2. The Morgan fingerprint density at radius 1 is 1.19 bits per heavy atom. The molecular formula is C20H26N4O3. The van der Waals surface area contributed by atoms with E-state index in [4.69, 9.17) is 0 Å². The molecule has 1 aliphatic heterocycles. The van der Waals surface area contributed by atoms with Crippen LogP contribution in [0.4, 0.5) is 0 Å². The van der Waals surface area contributed by atoms with Gasteiger partial charge < -0.3 is 10.2 Å². The summed E-state index contributed by atoms with van der Waals surface area (Å²) in [5.41, 5.74) is 0.0325. The second-order valence-electron chi connectivity index (χ2n) is 7.55. The van der Waals surface area contributed by atoms with Gasteiger partial charge in [0.25, 0.3) is 11.5 Å². The molecule has 144 valence electrons. The quantitative estimate of drug-likeness (QED) is 0.888. The Morgan fingerprint density at radius 2 is 1.81 bits per heavy atom. The standard InChI is InChI=1S/C20H26N4O3/c1-13(2)12-17(25)24-10-8-14(9-11-24)21-19(26)18-15-6-4-5-7-16(15)20(27)23(3)22-18/h4-7,13-14H,8-12H2,1-3H3,(H,21,26). The molecule has 7 heteroatoms. The van der Waals surface area contributed by atoms with Gasteiger partial charge in [0.1, 0.15) is 0 Å². The topological polar surface area (TPSA) is 84.3 Å². The summed E-state index contributed by atoms with van der Waals surface area (Å²) in [6, 6.07) is 7.01. The highest BCUT2D eigenvalue weighted by molar-refractivity contribution is 6.04. The van der Waals surface area contributed by atoms with Gasteiger partial charge in [0, 0.05) is 38.0 Å². The van der Waals surface area contributed by atoms with Crippen LogP contribution in [-0.2, 0) is 11.8 Å². The highest BCUT2D eigenvalue weighted by atomic mass is 16.2. The van der Waals surface area contributed by atoms with Gasteiger partial charge in [-0.3, -0.25) is 14.4 Å². The van der Waals surface area contributed by atoms with E-state index < -0.39 is 0 Å². The molecule has 1 aromatic carbocycles. The largest absolute Gasteiger partial charge is 0.348 e. The first-order chi connectivity index (χ1) is 12.9. The third-order valence-electron chi connectivity index (χ3n) is 4.94. The lowest BCUT2D eigenvalue weighted by atomic mass is 10.0. The molecule has 0 atom stereocenters. The van der Waals surface area contributed by atoms with Crippen LogP contribution in [0.15, 0.2) is 29.1 Å². The summed E-state index contributed by atoms with van der Waals surface area (Å²) >= 11 is 0. The summed E-state index contributed by atoms with van der Waals surface area (Å²) in [7, 11) is 1.55. The minimum atomic E-state index is -0.284. The second-order valence-corrected chi connectivity index (χ2v) is 7.55. The highest BCUT2D eigenvalue weighted by Gasteiger charge is 2.25. The molecule has 1 fully saturated rings. The first-order valence-corrected chi connectivity index (χ1v) is 9.41. The minimum Gasteiger partial charge on any atom is -0.348 e. The van der Waals surface area contributed by atoms with Crippen LogP contribution in [0.3, 0.4) is 0 Å². The molecule has 0 spiro atoms. The molecule has 0 unspecified atom stereocenters. The molecule has 2 amide bonds. The lowest BCUT2D eigenvalue weighted by Gasteiger charge is -2.32. The van der Waals surface area contributed by atoms with Gasteiger partial charge in [-0.25, -0.2) is 4.68 Å².